The third-order valence-electron chi connectivity index (χ3n) is 4.35. The lowest BCUT2D eigenvalue weighted by Crippen LogP contribution is -2.18. The van der Waals surface area contributed by atoms with E-state index in [2.05, 4.69) is 10.2 Å². The van der Waals surface area contributed by atoms with E-state index in [9.17, 15) is 19.7 Å². The third-order valence-corrected chi connectivity index (χ3v) is 4.35. The number of ether oxygens (including phenoxy) is 1. The number of carbonyl (C=O) groups excluding carboxylic acids is 1. The summed E-state index contributed by atoms with van der Waals surface area (Å²) in [6.45, 7) is 1.81. The van der Waals surface area contributed by atoms with Gasteiger partial charge in [0, 0.05) is 18.3 Å². The second-order valence-corrected chi connectivity index (χ2v) is 6.23. The van der Waals surface area contributed by atoms with E-state index in [0.717, 1.165) is 0 Å². The van der Waals surface area contributed by atoms with Gasteiger partial charge in [0.2, 0.25) is 0 Å². The van der Waals surface area contributed by atoms with Crippen LogP contribution in [0.1, 0.15) is 17.3 Å². The van der Waals surface area contributed by atoms with Crippen LogP contribution in [0.2, 0.25) is 0 Å². The maximum absolute atomic E-state index is 13.0. The molecule has 0 fully saturated rings. The minimum Gasteiger partial charge on any atom is -0.462 e. The normalized spacial score (nSPS) is 10.8. The van der Waals surface area contributed by atoms with Gasteiger partial charge in [-0.15, -0.1) is 0 Å². The number of fused-ring (bicyclic) bond motifs is 1. The molecule has 10 heteroatoms. The smallest absolute Gasteiger partial charge is 0.342 e. The number of non-ortho nitro benzene ring substituents is 1. The lowest BCUT2D eigenvalue weighted by Gasteiger charge is -2.10. The molecule has 0 aliphatic carbocycles. The van der Waals surface area contributed by atoms with Crippen LogP contribution in [0.3, 0.4) is 0 Å². The molecule has 10 nitrogen and oxygen atoms in total. The highest BCUT2D eigenvalue weighted by Gasteiger charge is 2.27. The first-order chi connectivity index (χ1) is 14.5. The number of nitro groups is 1. The Bertz CT molecular complexity index is 1260. The van der Waals surface area contributed by atoms with Gasteiger partial charge in [-0.2, -0.15) is 14.9 Å². The molecule has 2 aromatic carbocycles. The first-order valence-electron chi connectivity index (χ1n) is 8.99. The molecule has 0 saturated carbocycles. The summed E-state index contributed by atoms with van der Waals surface area (Å²) in [6.07, 6.45) is 1.39. The molecule has 0 aromatic heterocycles. The first-order valence-corrected chi connectivity index (χ1v) is 8.99. The Morgan fingerprint density at radius 2 is 1.73 bits per heavy atom. The van der Waals surface area contributed by atoms with Crippen molar-refractivity contribution in [3.05, 3.63) is 86.8 Å². The maximum Gasteiger partial charge on any atom is 0.342 e. The number of rotatable bonds is 5. The molecule has 2 heterocycles. The second-order valence-electron chi connectivity index (χ2n) is 6.23. The number of benzene rings is 2. The molecule has 0 saturated heterocycles. The zero-order valence-corrected chi connectivity index (χ0v) is 15.8. The molecule has 0 radical (unpaired) electrons. The fourth-order valence-electron chi connectivity index (χ4n) is 2.95. The van der Waals surface area contributed by atoms with Gasteiger partial charge in [-0.1, -0.05) is 18.2 Å². The van der Waals surface area contributed by atoms with Crippen LogP contribution in [0.4, 0.5) is 5.69 Å². The molecule has 0 atom stereocenters. The number of nitro benzene ring substituents is 1. The molecule has 0 unspecified atom stereocenters. The van der Waals surface area contributed by atoms with Crippen LogP contribution in [0, 0.1) is 10.1 Å². The van der Waals surface area contributed by atoms with Crippen molar-refractivity contribution in [1.29, 1.82) is 0 Å². The quantitative estimate of drug-likeness (QED) is 0.284. The van der Waals surface area contributed by atoms with E-state index < -0.39 is 16.5 Å². The van der Waals surface area contributed by atoms with Gasteiger partial charge in [-0.25, -0.2) is 9.48 Å². The highest BCUT2D eigenvalue weighted by atomic mass is 16.6. The first kappa shape index (κ1) is 19.0. The second kappa shape index (κ2) is 7.59. The molecule has 0 N–H and O–H groups in total. The van der Waals surface area contributed by atoms with Crippen LogP contribution in [-0.2, 0) is 4.74 Å². The van der Waals surface area contributed by atoms with Crippen LogP contribution in [0.5, 0.6) is 0 Å². The fourth-order valence-corrected chi connectivity index (χ4v) is 2.95. The summed E-state index contributed by atoms with van der Waals surface area (Å²) in [7, 11) is 0. The molecule has 2 aliphatic heterocycles. The van der Waals surface area contributed by atoms with E-state index in [-0.39, 0.29) is 29.2 Å². The Labute approximate surface area is 169 Å². The van der Waals surface area contributed by atoms with E-state index in [1.165, 1.54) is 39.8 Å². The van der Waals surface area contributed by atoms with Gasteiger partial charge >= 0.3 is 11.5 Å². The van der Waals surface area contributed by atoms with E-state index >= 15 is 0 Å². The average Bonchev–Trinajstić information content (AvgIpc) is 3.10. The fraction of sp³-hybridized carbons (Fsp3) is 0.100. The van der Waals surface area contributed by atoms with E-state index in [1.807, 2.05) is 6.07 Å². The molecule has 2 aromatic rings. The molecule has 4 rings (SSSR count). The number of para-hydroxylation sites is 1. The van der Waals surface area contributed by atoms with Crippen molar-refractivity contribution in [2.45, 2.75) is 6.92 Å². The molecule has 150 valence electrons. The lowest BCUT2D eigenvalue weighted by molar-refractivity contribution is -0.384. The van der Waals surface area contributed by atoms with Gasteiger partial charge in [0.25, 0.3) is 5.69 Å². The minimum absolute atomic E-state index is 0.0252. The molecular weight excluding hydrogens is 390 g/mol. The van der Waals surface area contributed by atoms with Crippen LogP contribution in [0.15, 0.2) is 65.6 Å². The van der Waals surface area contributed by atoms with Crippen LogP contribution >= 0.6 is 0 Å². The Kier molecular flexibility index (Phi) is 4.80. The van der Waals surface area contributed by atoms with Crippen molar-refractivity contribution in [2.24, 2.45) is 0 Å². The summed E-state index contributed by atoms with van der Waals surface area (Å²) in [4.78, 5) is 35.9. The van der Waals surface area contributed by atoms with Gasteiger partial charge in [0.1, 0.15) is 11.3 Å². The topological polar surface area (TPSA) is 122 Å². The highest BCUT2D eigenvalue weighted by Crippen LogP contribution is 2.23. The summed E-state index contributed by atoms with van der Waals surface area (Å²) in [6, 6.07) is 14.3. The van der Waals surface area contributed by atoms with Crippen LogP contribution in [-0.4, -0.2) is 37.1 Å². The van der Waals surface area contributed by atoms with E-state index in [4.69, 9.17) is 4.74 Å². The summed E-state index contributed by atoms with van der Waals surface area (Å²) in [5.74, 6) is -0.654. The Morgan fingerprint density at radius 1 is 1.03 bits per heavy atom. The monoisotopic (exact) mass is 405 g/mol. The van der Waals surface area contributed by atoms with Gasteiger partial charge in [0.15, 0.2) is 5.69 Å². The number of carbonyl (C=O) groups is 1. The van der Waals surface area contributed by atoms with Gasteiger partial charge in [0.05, 0.1) is 22.9 Å². The van der Waals surface area contributed by atoms with E-state index in [1.54, 1.807) is 31.2 Å². The maximum atomic E-state index is 13.0. The lowest BCUT2D eigenvalue weighted by atomic mass is 10.2. The summed E-state index contributed by atoms with van der Waals surface area (Å²) in [5.41, 5.74) is 0.512. The molecular formula is C20H15N5O5. The summed E-state index contributed by atoms with van der Waals surface area (Å²) in [5, 5.41) is 19.5. The number of esters is 1. The van der Waals surface area contributed by atoms with Crippen molar-refractivity contribution < 1.29 is 14.5 Å². The number of aromatic nitrogens is 4. The van der Waals surface area contributed by atoms with Gasteiger partial charge in [-0.3, -0.25) is 14.9 Å². The van der Waals surface area contributed by atoms with Crippen molar-refractivity contribution >= 4 is 11.7 Å². The summed E-state index contributed by atoms with van der Waals surface area (Å²) < 4.78 is 7.58. The van der Waals surface area contributed by atoms with Gasteiger partial charge in [-0.05, 0) is 31.2 Å². The number of hydrogen-bond donors (Lipinski definition) is 0. The Balaban J connectivity index is 1.93. The van der Waals surface area contributed by atoms with Gasteiger partial charge < -0.3 is 4.74 Å². The summed E-state index contributed by atoms with van der Waals surface area (Å²) >= 11 is 0. The number of nitrogens with zero attached hydrogens (tertiary/aromatic N) is 5. The minimum atomic E-state index is -0.654. The predicted octanol–water partition coefficient (Wildman–Crippen LogP) is 2.61. The van der Waals surface area contributed by atoms with Crippen molar-refractivity contribution in [1.82, 2.24) is 19.6 Å². The third kappa shape index (κ3) is 3.30. The largest absolute Gasteiger partial charge is 0.462 e. The number of hydrogen-bond acceptors (Lipinski definition) is 7. The molecule has 2 aliphatic rings. The average molecular weight is 405 g/mol. The Hall–Kier alpha value is -4.34. The predicted molar refractivity (Wildman–Crippen MR) is 106 cm³/mol. The molecule has 30 heavy (non-hydrogen) atoms. The van der Waals surface area contributed by atoms with Crippen molar-refractivity contribution in [2.75, 3.05) is 6.61 Å². The van der Waals surface area contributed by atoms with Crippen molar-refractivity contribution in [3.8, 4) is 22.8 Å². The highest BCUT2D eigenvalue weighted by molar-refractivity contribution is 5.95. The standard InChI is InChI=1S/C20H15N5O5/c1-2-30-20(27)16-12-23(13-8-10-15(11-9-13)25(28)29)21-18-17(16)22-24(19(18)26)14-6-4-3-5-7-14/h3-12H,2H2,1H3. The Morgan fingerprint density at radius 3 is 2.37 bits per heavy atom. The molecule has 0 bridgehead atoms. The van der Waals surface area contributed by atoms with Crippen LogP contribution in [0.25, 0.3) is 22.8 Å². The molecule has 0 spiro atoms. The van der Waals surface area contributed by atoms with E-state index in [0.29, 0.717) is 11.4 Å². The zero-order chi connectivity index (χ0) is 21.3. The van der Waals surface area contributed by atoms with Crippen molar-refractivity contribution in [3.63, 3.8) is 0 Å². The zero-order valence-electron chi connectivity index (χ0n) is 15.8. The molecule has 0 amide bonds. The van der Waals surface area contributed by atoms with Crippen LogP contribution < -0.4 is 5.56 Å². The SMILES string of the molecule is CCOC(=O)c1cn(-c2ccc([N+](=O)[O-])cc2)nc2c(=O)n(-c3ccccc3)nc1-2.